The molecular weight excluding hydrogens is 298 g/mol. The second kappa shape index (κ2) is 7.00. The van der Waals surface area contributed by atoms with E-state index in [1.807, 2.05) is 11.4 Å². The number of rotatable bonds is 7. The average molecular weight is 319 g/mol. The molecule has 1 saturated heterocycles. The molecule has 114 valence electrons. The Morgan fingerprint density at radius 2 is 2.15 bits per heavy atom. The third kappa shape index (κ3) is 5.14. The van der Waals surface area contributed by atoms with Crippen molar-refractivity contribution in [3.63, 3.8) is 0 Å². The van der Waals surface area contributed by atoms with Gasteiger partial charge in [0.25, 0.3) is 0 Å². The van der Waals surface area contributed by atoms with Crippen molar-refractivity contribution in [2.75, 3.05) is 32.2 Å². The summed E-state index contributed by atoms with van der Waals surface area (Å²) in [5.41, 5.74) is -0.388. The monoisotopic (exact) mass is 319 g/mol. The Balaban J connectivity index is 1.84. The number of sulfonamides is 1. The Morgan fingerprint density at radius 1 is 1.40 bits per heavy atom. The van der Waals surface area contributed by atoms with Gasteiger partial charge in [0, 0.05) is 29.9 Å². The van der Waals surface area contributed by atoms with E-state index in [0.29, 0.717) is 39.3 Å². The third-order valence-corrected chi connectivity index (χ3v) is 5.49. The molecule has 20 heavy (non-hydrogen) atoms. The minimum atomic E-state index is -3.50. The smallest absolute Gasteiger partial charge is 0.209 e. The molecule has 1 aliphatic rings. The molecular formula is C13H21NO4S2. The van der Waals surface area contributed by atoms with Crippen molar-refractivity contribution in [3.05, 3.63) is 22.4 Å². The van der Waals surface area contributed by atoms with Crippen LogP contribution in [-0.4, -0.2) is 40.6 Å². The van der Waals surface area contributed by atoms with Gasteiger partial charge in [-0.2, -0.15) is 0 Å². The van der Waals surface area contributed by atoms with E-state index in [9.17, 15) is 8.42 Å². The van der Waals surface area contributed by atoms with Crippen LogP contribution in [0.3, 0.4) is 0 Å². The molecule has 5 nitrogen and oxygen atoms in total. The minimum Gasteiger partial charge on any atom is -0.381 e. The fourth-order valence-corrected chi connectivity index (χ4v) is 4.39. The normalized spacial score (nSPS) is 19.1. The van der Waals surface area contributed by atoms with E-state index in [4.69, 9.17) is 14.6 Å². The molecule has 1 aromatic rings. The molecule has 1 aromatic heterocycles. The van der Waals surface area contributed by atoms with Gasteiger partial charge in [-0.25, -0.2) is 13.6 Å². The topological polar surface area (TPSA) is 78.6 Å². The predicted octanol–water partition coefficient (Wildman–Crippen LogP) is 1.39. The minimum absolute atomic E-state index is 0.0254. The highest BCUT2D eigenvalue weighted by Gasteiger charge is 2.36. The zero-order valence-electron chi connectivity index (χ0n) is 11.4. The molecule has 0 aromatic carbocycles. The van der Waals surface area contributed by atoms with E-state index in [2.05, 4.69) is 6.07 Å². The van der Waals surface area contributed by atoms with Gasteiger partial charge in [-0.3, -0.25) is 0 Å². The highest BCUT2D eigenvalue weighted by atomic mass is 32.2. The fourth-order valence-electron chi connectivity index (χ4n) is 2.48. The van der Waals surface area contributed by atoms with Gasteiger partial charge in [0.15, 0.2) is 0 Å². The number of hydrogen-bond acceptors (Lipinski definition) is 5. The van der Waals surface area contributed by atoms with Crippen molar-refractivity contribution in [2.45, 2.75) is 19.3 Å². The predicted molar refractivity (Wildman–Crippen MR) is 79.3 cm³/mol. The summed E-state index contributed by atoms with van der Waals surface area (Å²) in [4.78, 5) is 1.28. The highest BCUT2D eigenvalue weighted by Crippen LogP contribution is 2.32. The highest BCUT2D eigenvalue weighted by molar-refractivity contribution is 7.89. The molecule has 7 heteroatoms. The summed E-state index contributed by atoms with van der Waals surface area (Å²) in [6, 6.07) is 4.09. The Hall–Kier alpha value is -0.470. The molecule has 0 spiro atoms. The molecule has 0 atom stereocenters. The van der Waals surface area contributed by atoms with Crippen LogP contribution in [-0.2, 0) is 25.9 Å². The van der Waals surface area contributed by atoms with Crippen molar-refractivity contribution in [1.29, 1.82) is 0 Å². The fraction of sp³-hybridized carbons (Fsp3) is 0.692. The summed E-state index contributed by atoms with van der Waals surface area (Å²) in [7, 11) is -3.50. The third-order valence-electron chi connectivity index (χ3n) is 3.54. The van der Waals surface area contributed by atoms with Crippen molar-refractivity contribution in [2.24, 2.45) is 10.6 Å². The maximum Gasteiger partial charge on any atom is 0.209 e. The first-order chi connectivity index (χ1) is 9.49. The first-order valence-corrected chi connectivity index (χ1v) is 9.27. The lowest BCUT2D eigenvalue weighted by Gasteiger charge is -2.36. The van der Waals surface area contributed by atoms with Gasteiger partial charge in [0.2, 0.25) is 10.0 Å². The van der Waals surface area contributed by atoms with Gasteiger partial charge in [-0.15, -0.1) is 11.3 Å². The summed E-state index contributed by atoms with van der Waals surface area (Å²) in [5.74, 6) is -0.0254. The molecule has 0 amide bonds. The van der Waals surface area contributed by atoms with E-state index in [1.54, 1.807) is 11.3 Å². The van der Waals surface area contributed by atoms with Gasteiger partial charge >= 0.3 is 0 Å². The van der Waals surface area contributed by atoms with E-state index in [0.717, 1.165) is 6.42 Å². The Morgan fingerprint density at radius 3 is 2.75 bits per heavy atom. The van der Waals surface area contributed by atoms with E-state index in [-0.39, 0.29) is 11.2 Å². The summed E-state index contributed by atoms with van der Waals surface area (Å²) in [6.07, 6.45) is 2.23. The van der Waals surface area contributed by atoms with Crippen molar-refractivity contribution >= 4 is 21.4 Å². The van der Waals surface area contributed by atoms with E-state index >= 15 is 0 Å². The molecule has 0 unspecified atom stereocenters. The second-order valence-corrected chi connectivity index (χ2v) is 7.95. The van der Waals surface area contributed by atoms with Crippen LogP contribution in [0.4, 0.5) is 0 Å². The standard InChI is InChI=1S/C13H21NO4S2/c14-20(15,16)11-13(4-7-17-8-5-13)10-18-6-3-12-2-1-9-19-12/h1-2,9H,3-8,10-11H2,(H2,14,15,16). The van der Waals surface area contributed by atoms with E-state index in [1.165, 1.54) is 4.88 Å². The number of primary sulfonamides is 1. The van der Waals surface area contributed by atoms with Crippen LogP contribution >= 0.6 is 11.3 Å². The maximum atomic E-state index is 11.4. The Labute approximate surface area is 124 Å². The summed E-state index contributed by atoms with van der Waals surface area (Å²) in [6.45, 7) is 2.18. The lowest BCUT2D eigenvalue weighted by atomic mass is 9.83. The van der Waals surface area contributed by atoms with Crippen LogP contribution in [0.2, 0.25) is 0 Å². The van der Waals surface area contributed by atoms with Crippen LogP contribution in [0.15, 0.2) is 17.5 Å². The number of nitrogens with two attached hydrogens (primary N) is 1. The average Bonchev–Trinajstić information content (AvgIpc) is 2.87. The van der Waals surface area contributed by atoms with Gasteiger partial charge in [-0.1, -0.05) is 6.07 Å². The van der Waals surface area contributed by atoms with Crippen LogP contribution in [0.1, 0.15) is 17.7 Å². The zero-order valence-corrected chi connectivity index (χ0v) is 13.0. The number of hydrogen-bond donors (Lipinski definition) is 1. The van der Waals surface area contributed by atoms with Gasteiger partial charge in [-0.05, 0) is 24.3 Å². The van der Waals surface area contributed by atoms with Gasteiger partial charge in [0.05, 0.1) is 19.0 Å². The summed E-state index contributed by atoms with van der Waals surface area (Å²) in [5, 5.41) is 7.25. The maximum absolute atomic E-state index is 11.4. The van der Waals surface area contributed by atoms with Gasteiger partial charge < -0.3 is 9.47 Å². The number of thiophene rings is 1. The first kappa shape index (κ1) is 15.9. The summed E-state index contributed by atoms with van der Waals surface area (Å²) < 4.78 is 33.9. The Kier molecular flexibility index (Phi) is 5.57. The van der Waals surface area contributed by atoms with E-state index < -0.39 is 10.0 Å². The van der Waals surface area contributed by atoms with Crippen LogP contribution in [0, 0.1) is 5.41 Å². The molecule has 0 aliphatic carbocycles. The zero-order chi connectivity index (χ0) is 14.5. The molecule has 2 N–H and O–H groups in total. The molecule has 1 aliphatic heterocycles. The quantitative estimate of drug-likeness (QED) is 0.770. The molecule has 2 rings (SSSR count). The lowest BCUT2D eigenvalue weighted by molar-refractivity contribution is -0.0272. The SMILES string of the molecule is NS(=O)(=O)CC1(COCCc2cccs2)CCOCC1. The molecule has 0 bridgehead atoms. The van der Waals surface area contributed by atoms with Crippen LogP contribution in [0.25, 0.3) is 0 Å². The van der Waals surface area contributed by atoms with Crippen molar-refractivity contribution in [1.82, 2.24) is 0 Å². The van der Waals surface area contributed by atoms with Crippen LogP contribution < -0.4 is 5.14 Å². The molecule has 2 heterocycles. The summed E-state index contributed by atoms with van der Waals surface area (Å²) >= 11 is 1.70. The van der Waals surface area contributed by atoms with Gasteiger partial charge in [0.1, 0.15) is 0 Å². The van der Waals surface area contributed by atoms with Crippen molar-refractivity contribution < 1.29 is 17.9 Å². The van der Waals surface area contributed by atoms with Crippen LogP contribution in [0.5, 0.6) is 0 Å². The number of ether oxygens (including phenoxy) is 2. The largest absolute Gasteiger partial charge is 0.381 e. The van der Waals surface area contributed by atoms with Crippen molar-refractivity contribution in [3.8, 4) is 0 Å². The lowest BCUT2D eigenvalue weighted by Crippen LogP contribution is -2.42. The Bertz CT molecular complexity index is 492. The second-order valence-electron chi connectivity index (χ2n) is 5.30. The first-order valence-electron chi connectivity index (χ1n) is 6.68. The molecule has 0 saturated carbocycles. The molecule has 0 radical (unpaired) electrons. The molecule has 1 fully saturated rings.